The van der Waals surface area contributed by atoms with Gasteiger partial charge in [-0.15, -0.1) is 0 Å². The summed E-state index contributed by atoms with van der Waals surface area (Å²) in [6.07, 6.45) is 0. The van der Waals surface area contributed by atoms with Crippen molar-refractivity contribution in [2.45, 2.75) is 6.92 Å². The minimum Gasteiger partial charge on any atom is -0.497 e. The molecular formula is C20H20N2O4. The van der Waals surface area contributed by atoms with Gasteiger partial charge in [-0.05, 0) is 49.4 Å². The van der Waals surface area contributed by atoms with Gasteiger partial charge < -0.3 is 14.2 Å². The van der Waals surface area contributed by atoms with Crippen molar-refractivity contribution in [1.82, 2.24) is 9.78 Å². The van der Waals surface area contributed by atoms with Crippen molar-refractivity contribution in [3.05, 3.63) is 60.3 Å². The van der Waals surface area contributed by atoms with E-state index in [4.69, 9.17) is 14.2 Å². The fraction of sp³-hybridized carbons (Fsp3) is 0.200. The molecule has 0 radical (unpaired) electrons. The number of nitrogens with zero attached hydrogens (tertiary/aromatic N) is 2. The average Bonchev–Trinajstić information content (AvgIpc) is 3.13. The number of aromatic nitrogens is 2. The number of hydrogen-bond acceptors (Lipinski definition) is 5. The van der Waals surface area contributed by atoms with Crippen molar-refractivity contribution in [2.75, 3.05) is 20.8 Å². The third kappa shape index (κ3) is 3.39. The van der Waals surface area contributed by atoms with E-state index < -0.39 is 5.97 Å². The molecule has 0 bridgehead atoms. The van der Waals surface area contributed by atoms with Crippen LogP contribution < -0.4 is 9.47 Å². The largest absolute Gasteiger partial charge is 0.497 e. The van der Waals surface area contributed by atoms with Gasteiger partial charge in [-0.1, -0.05) is 12.1 Å². The van der Waals surface area contributed by atoms with E-state index in [1.807, 2.05) is 48.5 Å². The van der Waals surface area contributed by atoms with Gasteiger partial charge in [0.1, 0.15) is 17.2 Å². The predicted octanol–water partition coefficient (Wildman–Crippen LogP) is 3.73. The fourth-order valence-electron chi connectivity index (χ4n) is 2.64. The highest BCUT2D eigenvalue weighted by Gasteiger charge is 2.19. The first kappa shape index (κ1) is 17.5. The van der Waals surface area contributed by atoms with E-state index in [0.29, 0.717) is 5.75 Å². The summed E-state index contributed by atoms with van der Waals surface area (Å²) in [5.74, 6) is 0.944. The molecule has 3 aromatic rings. The third-order valence-corrected chi connectivity index (χ3v) is 3.89. The standard InChI is InChI=1S/C20H20N2O4/c1-4-26-20(23)16-13-18(14-9-11-15(24-2)12-10-14)22(21-16)17-7-5-6-8-19(17)25-3/h5-13H,4H2,1-3H3. The topological polar surface area (TPSA) is 62.6 Å². The summed E-state index contributed by atoms with van der Waals surface area (Å²) in [5.41, 5.74) is 2.61. The molecule has 0 aliphatic carbocycles. The van der Waals surface area contributed by atoms with Crippen LogP contribution >= 0.6 is 0 Å². The first-order valence-corrected chi connectivity index (χ1v) is 8.23. The highest BCUT2D eigenvalue weighted by Crippen LogP contribution is 2.30. The van der Waals surface area contributed by atoms with Gasteiger partial charge in [0.05, 0.1) is 26.5 Å². The number of para-hydroxylation sites is 2. The second kappa shape index (κ2) is 7.74. The molecule has 0 saturated carbocycles. The SMILES string of the molecule is CCOC(=O)c1cc(-c2ccc(OC)cc2)n(-c2ccccc2OC)n1. The molecule has 0 aliphatic rings. The van der Waals surface area contributed by atoms with Gasteiger partial charge in [0.15, 0.2) is 5.69 Å². The maximum absolute atomic E-state index is 12.2. The Balaban J connectivity index is 2.15. The van der Waals surface area contributed by atoms with E-state index in [0.717, 1.165) is 22.7 Å². The lowest BCUT2D eigenvalue weighted by molar-refractivity contribution is 0.0519. The summed E-state index contributed by atoms with van der Waals surface area (Å²) < 4.78 is 17.4. The summed E-state index contributed by atoms with van der Waals surface area (Å²) in [5, 5.41) is 4.46. The molecule has 0 spiro atoms. The van der Waals surface area contributed by atoms with E-state index in [1.54, 1.807) is 31.9 Å². The number of esters is 1. The summed E-state index contributed by atoms with van der Waals surface area (Å²) in [6, 6.07) is 16.8. The third-order valence-electron chi connectivity index (χ3n) is 3.89. The van der Waals surface area contributed by atoms with Gasteiger partial charge in [-0.2, -0.15) is 5.10 Å². The number of benzene rings is 2. The summed E-state index contributed by atoms with van der Waals surface area (Å²) in [6.45, 7) is 2.05. The zero-order valence-electron chi connectivity index (χ0n) is 14.9. The van der Waals surface area contributed by atoms with Crippen LogP contribution in [0.15, 0.2) is 54.6 Å². The zero-order valence-corrected chi connectivity index (χ0v) is 14.9. The molecule has 6 nitrogen and oxygen atoms in total. The molecule has 6 heteroatoms. The minimum atomic E-state index is -0.462. The van der Waals surface area contributed by atoms with Crippen LogP contribution in [-0.2, 0) is 4.74 Å². The van der Waals surface area contributed by atoms with Crippen LogP contribution in [-0.4, -0.2) is 36.6 Å². The number of methoxy groups -OCH3 is 2. The van der Waals surface area contributed by atoms with E-state index in [9.17, 15) is 4.79 Å². The molecule has 1 aromatic heterocycles. The van der Waals surface area contributed by atoms with Crippen LogP contribution in [0.3, 0.4) is 0 Å². The smallest absolute Gasteiger partial charge is 0.358 e. The lowest BCUT2D eigenvalue weighted by Gasteiger charge is -2.11. The van der Waals surface area contributed by atoms with Gasteiger partial charge in [-0.3, -0.25) is 0 Å². The quantitative estimate of drug-likeness (QED) is 0.633. The van der Waals surface area contributed by atoms with Crippen LogP contribution in [0.4, 0.5) is 0 Å². The van der Waals surface area contributed by atoms with Crippen molar-refractivity contribution in [3.8, 4) is 28.4 Å². The Kier molecular flexibility index (Phi) is 5.22. The molecule has 0 saturated heterocycles. The van der Waals surface area contributed by atoms with E-state index in [1.165, 1.54) is 0 Å². The summed E-state index contributed by atoms with van der Waals surface area (Å²) in [7, 11) is 3.22. The molecular weight excluding hydrogens is 332 g/mol. The molecule has 3 rings (SSSR count). The van der Waals surface area contributed by atoms with E-state index >= 15 is 0 Å². The van der Waals surface area contributed by atoms with E-state index in [-0.39, 0.29) is 12.3 Å². The van der Waals surface area contributed by atoms with Crippen LogP contribution in [0.1, 0.15) is 17.4 Å². The van der Waals surface area contributed by atoms with Crippen LogP contribution in [0, 0.1) is 0 Å². The van der Waals surface area contributed by atoms with Crippen molar-refractivity contribution >= 4 is 5.97 Å². The molecule has 0 N–H and O–H groups in total. The highest BCUT2D eigenvalue weighted by atomic mass is 16.5. The lowest BCUT2D eigenvalue weighted by atomic mass is 10.1. The number of hydrogen-bond donors (Lipinski definition) is 0. The van der Waals surface area contributed by atoms with Gasteiger partial charge in [0, 0.05) is 5.56 Å². The second-order valence-corrected chi connectivity index (χ2v) is 5.45. The van der Waals surface area contributed by atoms with Crippen LogP contribution in [0.2, 0.25) is 0 Å². The highest BCUT2D eigenvalue weighted by molar-refractivity contribution is 5.89. The Morgan fingerprint density at radius 3 is 2.42 bits per heavy atom. The van der Waals surface area contributed by atoms with Gasteiger partial charge in [0.2, 0.25) is 0 Å². The molecule has 0 unspecified atom stereocenters. The van der Waals surface area contributed by atoms with E-state index in [2.05, 4.69) is 5.10 Å². The summed E-state index contributed by atoms with van der Waals surface area (Å²) >= 11 is 0. The molecule has 134 valence electrons. The number of carbonyl (C=O) groups excluding carboxylic acids is 1. The maximum atomic E-state index is 12.2. The predicted molar refractivity (Wildman–Crippen MR) is 98.1 cm³/mol. The Labute approximate surface area is 151 Å². The van der Waals surface area contributed by atoms with Gasteiger partial charge in [0.25, 0.3) is 0 Å². The fourth-order valence-corrected chi connectivity index (χ4v) is 2.64. The molecule has 0 aliphatic heterocycles. The Morgan fingerprint density at radius 1 is 1.04 bits per heavy atom. The number of ether oxygens (including phenoxy) is 3. The molecule has 0 atom stereocenters. The average molecular weight is 352 g/mol. The second-order valence-electron chi connectivity index (χ2n) is 5.45. The molecule has 0 amide bonds. The summed E-state index contributed by atoms with van der Waals surface area (Å²) in [4.78, 5) is 12.2. The molecule has 1 heterocycles. The van der Waals surface area contributed by atoms with Crippen molar-refractivity contribution in [2.24, 2.45) is 0 Å². The first-order valence-electron chi connectivity index (χ1n) is 8.23. The Morgan fingerprint density at radius 2 is 1.77 bits per heavy atom. The maximum Gasteiger partial charge on any atom is 0.358 e. The molecule has 26 heavy (non-hydrogen) atoms. The van der Waals surface area contributed by atoms with Gasteiger partial charge >= 0.3 is 5.97 Å². The van der Waals surface area contributed by atoms with Crippen molar-refractivity contribution in [3.63, 3.8) is 0 Å². The Bertz CT molecular complexity index is 900. The monoisotopic (exact) mass is 352 g/mol. The normalized spacial score (nSPS) is 10.4. The lowest BCUT2D eigenvalue weighted by Crippen LogP contribution is -2.07. The number of carbonyl (C=O) groups is 1. The van der Waals surface area contributed by atoms with Gasteiger partial charge in [-0.25, -0.2) is 9.48 Å². The molecule has 0 fully saturated rings. The van der Waals surface area contributed by atoms with Crippen LogP contribution in [0.5, 0.6) is 11.5 Å². The van der Waals surface area contributed by atoms with Crippen LogP contribution in [0.25, 0.3) is 16.9 Å². The molecule has 2 aromatic carbocycles. The van der Waals surface area contributed by atoms with Crippen molar-refractivity contribution in [1.29, 1.82) is 0 Å². The zero-order chi connectivity index (χ0) is 18.5. The first-order chi connectivity index (χ1) is 12.7. The van der Waals surface area contributed by atoms with Crippen molar-refractivity contribution < 1.29 is 19.0 Å². The minimum absolute atomic E-state index is 0.239. The number of rotatable bonds is 6. The Hall–Kier alpha value is -3.28.